The van der Waals surface area contributed by atoms with Gasteiger partial charge in [-0.25, -0.2) is 4.98 Å². The summed E-state index contributed by atoms with van der Waals surface area (Å²) >= 11 is 6.08. The number of aromatic nitrogens is 2. The monoisotopic (exact) mass is 351 g/mol. The number of para-hydroxylation sites is 2. The molecule has 1 saturated heterocycles. The molecule has 126 valence electrons. The highest BCUT2D eigenvalue weighted by Crippen LogP contribution is 2.33. The number of fused-ring (bicyclic) bond motifs is 1. The van der Waals surface area contributed by atoms with Crippen LogP contribution in [-0.2, 0) is 11.3 Å². The van der Waals surface area contributed by atoms with Crippen LogP contribution in [0, 0.1) is 0 Å². The summed E-state index contributed by atoms with van der Waals surface area (Å²) in [5.74, 6) is 1.10. The predicted molar refractivity (Wildman–Crippen MR) is 101 cm³/mol. The van der Waals surface area contributed by atoms with Crippen LogP contribution < -0.4 is 4.90 Å². The van der Waals surface area contributed by atoms with Crippen LogP contribution >= 0.6 is 11.6 Å². The smallest absolute Gasteiger partial charge is 0.227 e. The molecule has 0 aliphatic carbocycles. The second kappa shape index (κ2) is 6.37. The third-order valence-electron chi connectivity index (χ3n) is 4.61. The number of nitrogens with zero attached hydrogens (tertiary/aromatic N) is 3. The van der Waals surface area contributed by atoms with E-state index in [9.17, 15) is 4.79 Å². The van der Waals surface area contributed by atoms with Crippen LogP contribution in [0.25, 0.3) is 11.0 Å². The number of halogens is 1. The lowest BCUT2D eigenvalue weighted by molar-refractivity contribution is -0.117. The van der Waals surface area contributed by atoms with Gasteiger partial charge in [-0.3, -0.25) is 4.79 Å². The van der Waals surface area contributed by atoms with Crippen molar-refractivity contribution in [3.63, 3.8) is 0 Å². The molecule has 4 nitrogen and oxygen atoms in total. The van der Waals surface area contributed by atoms with E-state index in [0.29, 0.717) is 24.5 Å². The second-order valence-electron chi connectivity index (χ2n) is 6.24. The molecule has 4 rings (SSSR count). The average Bonchev–Trinajstić information content (AvgIpc) is 3.16. The van der Waals surface area contributed by atoms with Crippen LogP contribution in [-0.4, -0.2) is 22.0 Å². The molecule has 1 aliphatic rings. The molecule has 0 unspecified atom stereocenters. The van der Waals surface area contributed by atoms with Crippen molar-refractivity contribution in [2.45, 2.75) is 18.9 Å². The van der Waals surface area contributed by atoms with E-state index in [-0.39, 0.29) is 11.8 Å². The number of amides is 1. The number of anilines is 1. The third-order valence-corrected chi connectivity index (χ3v) is 4.84. The van der Waals surface area contributed by atoms with E-state index in [1.54, 1.807) is 4.90 Å². The third kappa shape index (κ3) is 2.83. The molecular weight excluding hydrogens is 334 g/mol. The molecule has 1 atom stereocenters. The van der Waals surface area contributed by atoms with E-state index >= 15 is 0 Å². The molecule has 1 aliphatic heterocycles. The number of carbonyl (C=O) groups is 1. The lowest BCUT2D eigenvalue weighted by Gasteiger charge is -2.17. The molecule has 0 N–H and O–H groups in total. The Labute approximate surface area is 151 Å². The SMILES string of the molecule is C=CCn1c([C@H]2CC(=O)N(c3cccc(Cl)c3)C2)nc2ccccc21. The summed E-state index contributed by atoms with van der Waals surface area (Å²) in [5.41, 5.74) is 2.87. The maximum Gasteiger partial charge on any atom is 0.227 e. The van der Waals surface area contributed by atoms with Gasteiger partial charge in [-0.1, -0.05) is 35.9 Å². The highest BCUT2D eigenvalue weighted by molar-refractivity contribution is 6.30. The molecule has 25 heavy (non-hydrogen) atoms. The van der Waals surface area contributed by atoms with Gasteiger partial charge in [0.1, 0.15) is 5.82 Å². The van der Waals surface area contributed by atoms with Crippen molar-refractivity contribution in [3.8, 4) is 0 Å². The lowest BCUT2D eigenvalue weighted by atomic mass is 10.1. The predicted octanol–water partition coefficient (Wildman–Crippen LogP) is 4.40. The van der Waals surface area contributed by atoms with Crippen molar-refractivity contribution in [2.75, 3.05) is 11.4 Å². The number of carbonyl (C=O) groups excluding carboxylic acids is 1. The number of benzene rings is 2. The molecule has 0 bridgehead atoms. The standard InChI is InChI=1S/C20H18ClN3O/c1-2-10-23-18-9-4-3-8-17(18)22-20(23)14-11-19(25)24(13-14)16-7-5-6-15(21)12-16/h2-9,12,14H,1,10-11,13H2/t14-/m0/s1. The molecule has 0 spiro atoms. The van der Waals surface area contributed by atoms with Gasteiger partial charge in [0.25, 0.3) is 0 Å². The van der Waals surface area contributed by atoms with Crippen LogP contribution in [0.1, 0.15) is 18.2 Å². The fraction of sp³-hybridized carbons (Fsp3) is 0.200. The maximum absolute atomic E-state index is 12.6. The minimum atomic E-state index is 0.0545. The minimum Gasteiger partial charge on any atom is -0.324 e. The number of allylic oxidation sites excluding steroid dienone is 1. The Morgan fingerprint density at radius 3 is 2.88 bits per heavy atom. The van der Waals surface area contributed by atoms with Crippen LogP contribution in [0.4, 0.5) is 5.69 Å². The van der Waals surface area contributed by atoms with Crippen molar-refractivity contribution in [3.05, 3.63) is 72.0 Å². The second-order valence-corrected chi connectivity index (χ2v) is 6.68. The molecule has 2 heterocycles. The first-order valence-corrected chi connectivity index (χ1v) is 8.67. The molecule has 0 saturated carbocycles. The van der Waals surface area contributed by atoms with Gasteiger partial charge in [0, 0.05) is 36.1 Å². The zero-order valence-corrected chi connectivity index (χ0v) is 14.5. The van der Waals surface area contributed by atoms with Crippen molar-refractivity contribution in [1.29, 1.82) is 0 Å². The molecule has 5 heteroatoms. The first-order valence-electron chi connectivity index (χ1n) is 8.29. The lowest BCUT2D eigenvalue weighted by Crippen LogP contribution is -2.24. The van der Waals surface area contributed by atoms with Gasteiger partial charge in [0.2, 0.25) is 5.91 Å². The van der Waals surface area contributed by atoms with Gasteiger partial charge < -0.3 is 9.47 Å². The van der Waals surface area contributed by atoms with Crippen LogP contribution in [0.15, 0.2) is 61.2 Å². The van der Waals surface area contributed by atoms with E-state index < -0.39 is 0 Å². The fourth-order valence-electron chi connectivity index (χ4n) is 3.50. The summed E-state index contributed by atoms with van der Waals surface area (Å²) in [7, 11) is 0. The van der Waals surface area contributed by atoms with Crippen LogP contribution in [0.2, 0.25) is 5.02 Å². The minimum absolute atomic E-state index is 0.0545. The molecular formula is C20H18ClN3O. The van der Waals surface area contributed by atoms with Gasteiger partial charge in [0.05, 0.1) is 11.0 Å². The van der Waals surface area contributed by atoms with Crippen molar-refractivity contribution >= 4 is 34.2 Å². The Morgan fingerprint density at radius 2 is 2.08 bits per heavy atom. The van der Waals surface area contributed by atoms with Crippen molar-refractivity contribution in [2.24, 2.45) is 0 Å². The normalized spacial score (nSPS) is 17.4. The highest BCUT2D eigenvalue weighted by Gasteiger charge is 2.34. The Morgan fingerprint density at radius 1 is 1.24 bits per heavy atom. The Hall–Kier alpha value is -2.59. The number of hydrogen-bond donors (Lipinski definition) is 0. The molecule has 0 radical (unpaired) electrons. The van der Waals surface area contributed by atoms with E-state index in [0.717, 1.165) is 22.5 Å². The number of hydrogen-bond acceptors (Lipinski definition) is 2. The summed E-state index contributed by atoms with van der Waals surface area (Å²) in [6.45, 7) is 5.15. The van der Waals surface area contributed by atoms with E-state index in [1.165, 1.54) is 0 Å². The molecule has 1 fully saturated rings. The summed E-state index contributed by atoms with van der Waals surface area (Å²) in [4.78, 5) is 19.2. The number of rotatable bonds is 4. The van der Waals surface area contributed by atoms with E-state index in [4.69, 9.17) is 16.6 Å². The summed E-state index contributed by atoms with van der Waals surface area (Å²) in [6, 6.07) is 15.5. The van der Waals surface area contributed by atoms with Crippen molar-refractivity contribution < 1.29 is 4.79 Å². The van der Waals surface area contributed by atoms with Crippen molar-refractivity contribution in [1.82, 2.24) is 9.55 Å². The quantitative estimate of drug-likeness (QED) is 0.653. The Bertz CT molecular complexity index is 962. The maximum atomic E-state index is 12.6. The Kier molecular flexibility index (Phi) is 4.06. The van der Waals surface area contributed by atoms with Gasteiger partial charge >= 0.3 is 0 Å². The van der Waals surface area contributed by atoms with E-state index in [2.05, 4.69) is 17.2 Å². The largest absolute Gasteiger partial charge is 0.324 e. The summed E-state index contributed by atoms with van der Waals surface area (Å²) < 4.78 is 2.15. The summed E-state index contributed by atoms with van der Waals surface area (Å²) in [5, 5.41) is 0.632. The highest BCUT2D eigenvalue weighted by atomic mass is 35.5. The van der Waals surface area contributed by atoms with E-state index in [1.807, 2.05) is 48.5 Å². The molecule has 3 aromatic rings. The zero-order chi connectivity index (χ0) is 17.4. The van der Waals surface area contributed by atoms with Gasteiger partial charge in [0.15, 0.2) is 0 Å². The van der Waals surface area contributed by atoms with Gasteiger partial charge in [-0.15, -0.1) is 6.58 Å². The summed E-state index contributed by atoms with van der Waals surface area (Å²) in [6.07, 6.45) is 2.32. The first-order chi connectivity index (χ1) is 12.2. The van der Waals surface area contributed by atoms with Crippen LogP contribution in [0.5, 0.6) is 0 Å². The zero-order valence-electron chi connectivity index (χ0n) is 13.7. The molecule has 1 aromatic heterocycles. The van der Waals surface area contributed by atoms with Gasteiger partial charge in [-0.05, 0) is 30.3 Å². The van der Waals surface area contributed by atoms with Crippen LogP contribution in [0.3, 0.4) is 0 Å². The number of imidazole rings is 1. The molecule has 2 aromatic carbocycles. The fourth-order valence-corrected chi connectivity index (χ4v) is 3.69. The van der Waals surface area contributed by atoms with Gasteiger partial charge in [-0.2, -0.15) is 0 Å². The average molecular weight is 352 g/mol. The topological polar surface area (TPSA) is 38.1 Å². The Balaban J connectivity index is 1.71. The molecule has 1 amide bonds. The first kappa shape index (κ1) is 15.9.